The maximum atomic E-state index is 5.40. The van der Waals surface area contributed by atoms with Crippen LogP contribution in [0.5, 0.6) is 0 Å². The number of rotatable bonds is 1. The van der Waals surface area contributed by atoms with Crippen LogP contribution in [0.4, 0.5) is 0 Å². The van der Waals surface area contributed by atoms with E-state index in [-0.39, 0.29) is 0 Å². The summed E-state index contributed by atoms with van der Waals surface area (Å²) < 4.78 is 5.03. The Morgan fingerprint density at radius 2 is 2.62 bits per heavy atom. The fourth-order valence-corrected chi connectivity index (χ4v) is 0.808. The molecule has 2 N–H and O–H groups in total. The van der Waals surface area contributed by atoms with Gasteiger partial charge in [-0.15, -0.1) is 0 Å². The summed E-state index contributed by atoms with van der Waals surface area (Å²) in [5, 5.41) is 1.66. The van der Waals surface area contributed by atoms with Crippen molar-refractivity contribution in [3.8, 4) is 0 Å². The predicted molar refractivity (Wildman–Crippen MR) is 30.6 cm³/mol. The average molecular weight is 115 g/mol. The zero-order valence-electron chi connectivity index (χ0n) is 5.00. The Bertz CT molecular complexity index is 76.8. The summed E-state index contributed by atoms with van der Waals surface area (Å²) in [5.41, 5.74) is 0. The van der Waals surface area contributed by atoms with E-state index in [0.29, 0.717) is 6.10 Å². The van der Waals surface area contributed by atoms with Crippen molar-refractivity contribution in [1.82, 2.24) is 5.01 Å². The molecule has 0 bridgehead atoms. The lowest BCUT2D eigenvalue weighted by Crippen LogP contribution is -2.27. The highest BCUT2D eigenvalue weighted by Crippen LogP contribution is 2.10. The average Bonchev–Trinajstić information content (AvgIpc) is 2.14. The number of hydrogen-bond acceptors (Lipinski definition) is 3. The van der Waals surface area contributed by atoms with E-state index < -0.39 is 0 Å². The Morgan fingerprint density at radius 1 is 1.88 bits per heavy atom. The molecule has 1 unspecified atom stereocenters. The molecule has 1 atom stereocenters. The highest BCUT2D eigenvalue weighted by atomic mass is 16.5. The Kier molecular flexibility index (Phi) is 1.83. The van der Waals surface area contributed by atoms with Crippen molar-refractivity contribution in [3.05, 3.63) is 6.54 Å². The summed E-state index contributed by atoms with van der Waals surface area (Å²) in [6.07, 6.45) is 1.27. The van der Waals surface area contributed by atoms with E-state index in [1.807, 2.05) is 6.54 Å². The first kappa shape index (κ1) is 6.01. The number of nitrogens with two attached hydrogens (primary N) is 1. The lowest BCUT2D eigenvalue weighted by atomic mass is 10.3. The zero-order valence-corrected chi connectivity index (χ0v) is 5.00. The van der Waals surface area contributed by atoms with Gasteiger partial charge in [-0.25, -0.2) is 5.01 Å². The second kappa shape index (κ2) is 2.44. The third kappa shape index (κ3) is 1.18. The maximum absolute atomic E-state index is 5.40. The fraction of sp³-hybridized carbons (Fsp3) is 0.800. The van der Waals surface area contributed by atoms with Gasteiger partial charge in [0, 0.05) is 20.2 Å². The predicted octanol–water partition coefficient (Wildman–Crippen LogP) is -0.257. The minimum Gasteiger partial charge on any atom is -0.380 e. The maximum Gasteiger partial charge on any atom is 0.0728 e. The number of hydrazine groups is 1. The Morgan fingerprint density at radius 3 is 2.88 bits per heavy atom. The number of methoxy groups -OCH3 is 1. The molecule has 0 amide bonds. The van der Waals surface area contributed by atoms with E-state index in [9.17, 15) is 0 Å². The van der Waals surface area contributed by atoms with Gasteiger partial charge >= 0.3 is 0 Å². The minimum atomic E-state index is 0.319. The van der Waals surface area contributed by atoms with Crippen LogP contribution in [-0.4, -0.2) is 24.8 Å². The van der Waals surface area contributed by atoms with Gasteiger partial charge in [-0.1, -0.05) is 0 Å². The quantitative estimate of drug-likeness (QED) is 0.479. The molecule has 0 aromatic heterocycles. The SMILES string of the molecule is COC1C[CH]N(N)C1. The van der Waals surface area contributed by atoms with E-state index in [2.05, 4.69) is 0 Å². The lowest BCUT2D eigenvalue weighted by Gasteiger charge is -2.06. The second-order valence-electron chi connectivity index (χ2n) is 1.97. The van der Waals surface area contributed by atoms with Gasteiger partial charge in [-0.2, -0.15) is 0 Å². The Labute approximate surface area is 49.4 Å². The van der Waals surface area contributed by atoms with Gasteiger partial charge in [-0.3, -0.25) is 5.84 Å². The molecule has 1 aliphatic heterocycles. The van der Waals surface area contributed by atoms with Crippen LogP contribution in [0.1, 0.15) is 6.42 Å². The summed E-state index contributed by atoms with van der Waals surface area (Å²) in [4.78, 5) is 0. The van der Waals surface area contributed by atoms with Crippen LogP contribution in [-0.2, 0) is 4.74 Å². The van der Waals surface area contributed by atoms with E-state index in [0.717, 1.165) is 13.0 Å². The number of ether oxygens (including phenoxy) is 1. The molecule has 1 radical (unpaired) electrons. The first-order chi connectivity index (χ1) is 3.83. The molecule has 47 valence electrons. The van der Waals surface area contributed by atoms with Crippen LogP contribution in [0.25, 0.3) is 0 Å². The van der Waals surface area contributed by atoms with Crippen molar-refractivity contribution < 1.29 is 4.74 Å². The van der Waals surface area contributed by atoms with Crippen LogP contribution in [0.3, 0.4) is 0 Å². The molecule has 0 aliphatic carbocycles. The molecule has 1 heterocycles. The molecule has 0 aromatic carbocycles. The molecule has 1 rings (SSSR count). The highest BCUT2D eigenvalue weighted by Gasteiger charge is 2.18. The van der Waals surface area contributed by atoms with Crippen LogP contribution in [0.2, 0.25) is 0 Å². The molecule has 8 heavy (non-hydrogen) atoms. The minimum absolute atomic E-state index is 0.319. The monoisotopic (exact) mass is 115 g/mol. The highest BCUT2D eigenvalue weighted by molar-refractivity contribution is 4.80. The van der Waals surface area contributed by atoms with Gasteiger partial charge in [0.15, 0.2) is 0 Å². The molecule has 3 heteroatoms. The molecule has 1 saturated heterocycles. The molecular weight excluding hydrogens is 104 g/mol. The Balaban J connectivity index is 2.22. The van der Waals surface area contributed by atoms with Gasteiger partial charge < -0.3 is 4.74 Å². The zero-order chi connectivity index (χ0) is 5.98. The smallest absolute Gasteiger partial charge is 0.0728 e. The summed E-state index contributed by atoms with van der Waals surface area (Å²) in [5.74, 6) is 5.40. The van der Waals surface area contributed by atoms with Crippen molar-refractivity contribution in [2.45, 2.75) is 12.5 Å². The first-order valence-corrected chi connectivity index (χ1v) is 2.70. The van der Waals surface area contributed by atoms with Crippen LogP contribution < -0.4 is 5.84 Å². The molecule has 0 saturated carbocycles. The molecule has 0 spiro atoms. The summed E-state index contributed by atoms with van der Waals surface area (Å²) >= 11 is 0. The van der Waals surface area contributed by atoms with Gasteiger partial charge in [0.05, 0.1) is 6.10 Å². The fourth-order valence-electron chi connectivity index (χ4n) is 0.808. The molecule has 3 nitrogen and oxygen atoms in total. The van der Waals surface area contributed by atoms with Crippen molar-refractivity contribution in [2.75, 3.05) is 13.7 Å². The van der Waals surface area contributed by atoms with E-state index >= 15 is 0 Å². The molecule has 1 fully saturated rings. The van der Waals surface area contributed by atoms with E-state index in [1.165, 1.54) is 0 Å². The van der Waals surface area contributed by atoms with Crippen molar-refractivity contribution in [3.63, 3.8) is 0 Å². The van der Waals surface area contributed by atoms with Crippen molar-refractivity contribution >= 4 is 0 Å². The van der Waals surface area contributed by atoms with Crippen LogP contribution in [0.15, 0.2) is 0 Å². The Hall–Kier alpha value is -0.120. The van der Waals surface area contributed by atoms with Gasteiger partial charge in [0.1, 0.15) is 0 Å². The lowest BCUT2D eigenvalue weighted by molar-refractivity contribution is 0.108. The normalized spacial score (nSPS) is 31.5. The standard InChI is InChI=1S/C5H11N2O/c1-8-5-2-3-7(6)4-5/h3,5H,2,4,6H2,1H3. The van der Waals surface area contributed by atoms with Crippen molar-refractivity contribution in [1.29, 1.82) is 0 Å². The van der Waals surface area contributed by atoms with E-state index in [1.54, 1.807) is 12.1 Å². The third-order valence-electron chi connectivity index (χ3n) is 1.35. The topological polar surface area (TPSA) is 38.5 Å². The first-order valence-electron chi connectivity index (χ1n) is 2.70. The number of nitrogens with zero attached hydrogens (tertiary/aromatic N) is 1. The van der Waals surface area contributed by atoms with Crippen LogP contribution >= 0.6 is 0 Å². The largest absolute Gasteiger partial charge is 0.380 e. The summed E-state index contributed by atoms with van der Waals surface area (Å²) in [6.45, 7) is 2.77. The van der Waals surface area contributed by atoms with Crippen LogP contribution in [0, 0.1) is 6.54 Å². The third-order valence-corrected chi connectivity index (χ3v) is 1.35. The second-order valence-corrected chi connectivity index (χ2v) is 1.97. The molecule has 1 aliphatic rings. The summed E-state index contributed by atoms with van der Waals surface area (Å²) in [6, 6.07) is 0. The summed E-state index contributed by atoms with van der Waals surface area (Å²) in [7, 11) is 1.71. The van der Waals surface area contributed by atoms with Gasteiger partial charge in [-0.05, 0) is 6.42 Å². The van der Waals surface area contributed by atoms with E-state index in [4.69, 9.17) is 10.6 Å². The number of hydrogen-bond donors (Lipinski definition) is 1. The molecule has 0 aromatic rings. The van der Waals surface area contributed by atoms with Gasteiger partial charge in [0.25, 0.3) is 0 Å². The van der Waals surface area contributed by atoms with Gasteiger partial charge in [0.2, 0.25) is 0 Å². The van der Waals surface area contributed by atoms with Crippen molar-refractivity contribution in [2.24, 2.45) is 5.84 Å². The molecular formula is C5H11N2O.